The lowest BCUT2D eigenvalue weighted by atomic mass is 9.95. The molecular formula is C19H17NO7. The van der Waals surface area contributed by atoms with Crippen LogP contribution in [0.1, 0.15) is 47.0 Å². The molecule has 1 aromatic carbocycles. The summed E-state index contributed by atoms with van der Waals surface area (Å²) in [5.74, 6) is -1.43. The van der Waals surface area contributed by atoms with Gasteiger partial charge in [-0.3, -0.25) is 10.1 Å². The highest BCUT2D eigenvalue weighted by Crippen LogP contribution is 2.27. The summed E-state index contributed by atoms with van der Waals surface area (Å²) >= 11 is 0. The summed E-state index contributed by atoms with van der Waals surface area (Å²) in [7, 11) is 0. The highest BCUT2D eigenvalue weighted by atomic mass is 16.7. The van der Waals surface area contributed by atoms with Crippen molar-refractivity contribution in [2.75, 3.05) is 0 Å². The van der Waals surface area contributed by atoms with Crippen molar-refractivity contribution in [3.63, 3.8) is 0 Å². The van der Waals surface area contributed by atoms with E-state index in [1.807, 2.05) is 13.0 Å². The van der Waals surface area contributed by atoms with Crippen molar-refractivity contribution in [1.29, 1.82) is 0 Å². The minimum absolute atomic E-state index is 0.198. The van der Waals surface area contributed by atoms with Crippen molar-refractivity contribution in [1.82, 2.24) is 0 Å². The molecule has 0 saturated heterocycles. The van der Waals surface area contributed by atoms with Gasteiger partial charge in [0.05, 0.1) is 6.07 Å². The Labute approximate surface area is 153 Å². The number of fused-ring (bicyclic) bond motifs is 1. The summed E-state index contributed by atoms with van der Waals surface area (Å²) in [6, 6.07) is 7.20. The van der Waals surface area contributed by atoms with Gasteiger partial charge in [0.25, 0.3) is 0 Å². The van der Waals surface area contributed by atoms with Crippen LogP contribution in [0.2, 0.25) is 0 Å². The van der Waals surface area contributed by atoms with Gasteiger partial charge in [0.1, 0.15) is 17.1 Å². The van der Waals surface area contributed by atoms with Crippen molar-refractivity contribution < 1.29 is 23.3 Å². The number of aryl methyl sites for hydroxylation is 1. The molecule has 3 rings (SSSR count). The Bertz CT molecular complexity index is 1090. The average molecular weight is 371 g/mol. The molecule has 0 unspecified atom stereocenters. The van der Waals surface area contributed by atoms with E-state index in [2.05, 4.69) is 13.8 Å². The third kappa shape index (κ3) is 3.74. The maximum absolute atomic E-state index is 12.1. The number of hydrogen-bond donors (Lipinski definition) is 0. The quantitative estimate of drug-likeness (QED) is 0.287. The van der Waals surface area contributed by atoms with Crippen LogP contribution >= 0.6 is 0 Å². The summed E-state index contributed by atoms with van der Waals surface area (Å²) in [5.41, 5.74) is 2.42. The number of carbonyl (C=O) groups is 1. The molecule has 0 fully saturated rings. The molecule has 140 valence electrons. The third-order valence-electron chi connectivity index (χ3n) is 4.17. The van der Waals surface area contributed by atoms with Crippen molar-refractivity contribution in [3.8, 4) is 0 Å². The van der Waals surface area contributed by atoms with Crippen LogP contribution in [0.15, 0.2) is 44.0 Å². The van der Waals surface area contributed by atoms with Crippen LogP contribution in [0.4, 0.5) is 5.88 Å². The van der Waals surface area contributed by atoms with Crippen LogP contribution in [0, 0.1) is 17.0 Å². The summed E-state index contributed by atoms with van der Waals surface area (Å²) < 4.78 is 15.2. The molecule has 0 aliphatic heterocycles. The van der Waals surface area contributed by atoms with Crippen molar-refractivity contribution >= 4 is 22.8 Å². The van der Waals surface area contributed by atoms with Gasteiger partial charge in [0.2, 0.25) is 5.76 Å². The Kier molecular flexibility index (Phi) is 4.81. The molecule has 0 N–H and O–H groups in total. The van der Waals surface area contributed by atoms with Gasteiger partial charge < -0.3 is 13.6 Å². The summed E-state index contributed by atoms with van der Waals surface area (Å²) in [5, 5.41) is 11.3. The lowest BCUT2D eigenvalue weighted by Gasteiger charge is -2.13. The largest absolute Gasteiger partial charge is 0.455 e. The third-order valence-corrected chi connectivity index (χ3v) is 4.17. The number of hydrogen-bond acceptors (Lipinski definition) is 7. The molecule has 0 bridgehead atoms. The second-order valence-corrected chi connectivity index (χ2v) is 6.42. The highest BCUT2D eigenvalue weighted by molar-refractivity contribution is 5.87. The van der Waals surface area contributed by atoms with Gasteiger partial charge in [-0.25, -0.2) is 9.59 Å². The Morgan fingerprint density at radius 2 is 1.96 bits per heavy atom. The van der Waals surface area contributed by atoms with Crippen molar-refractivity contribution in [2.45, 2.75) is 33.3 Å². The first kappa shape index (κ1) is 18.4. The normalized spacial score (nSPS) is 11.1. The molecule has 0 aliphatic rings. The molecule has 8 heteroatoms. The fourth-order valence-corrected chi connectivity index (χ4v) is 2.88. The number of ether oxygens (including phenoxy) is 1. The van der Waals surface area contributed by atoms with E-state index in [4.69, 9.17) is 13.6 Å². The number of nitrogens with zero attached hydrogens (tertiary/aromatic N) is 1. The molecule has 0 spiro atoms. The van der Waals surface area contributed by atoms with Crippen LogP contribution in [0.25, 0.3) is 11.0 Å². The topological polar surface area (TPSA) is 113 Å². The molecule has 27 heavy (non-hydrogen) atoms. The highest BCUT2D eigenvalue weighted by Gasteiger charge is 2.19. The summed E-state index contributed by atoms with van der Waals surface area (Å²) in [6.45, 7) is 5.84. The standard InChI is InChI=1S/C19H17NO7/c1-10(2)13-8-14-12(7-18(21)27-16(14)6-11(13)3)9-25-19(22)15-4-5-17(26-15)20(23)24/h4-8,10H,9H2,1-3H3. The van der Waals surface area contributed by atoms with Gasteiger partial charge in [-0.2, -0.15) is 0 Å². The zero-order chi connectivity index (χ0) is 19.7. The maximum atomic E-state index is 12.1. The van der Waals surface area contributed by atoms with Gasteiger partial charge in [-0.1, -0.05) is 13.8 Å². The average Bonchev–Trinajstić information content (AvgIpc) is 3.08. The Hall–Kier alpha value is -3.42. The van der Waals surface area contributed by atoms with E-state index >= 15 is 0 Å². The van der Waals surface area contributed by atoms with Crippen molar-refractivity contribution in [3.05, 3.63) is 73.3 Å². The van der Waals surface area contributed by atoms with Gasteiger partial charge in [-0.05, 0) is 42.2 Å². The monoisotopic (exact) mass is 371 g/mol. The Morgan fingerprint density at radius 3 is 2.59 bits per heavy atom. The molecule has 0 atom stereocenters. The number of carbonyl (C=O) groups excluding carboxylic acids is 1. The minimum Gasteiger partial charge on any atom is -0.455 e. The molecule has 0 radical (unpaired) electrons. The van der Waals surface area contributed by atoms with E-state index in [1.165, 1.54) is 6.07 Å². The van der Waals surface area contributed by atoms with E-state index in [1.54, 1.807) is 6.07 Å². The maximum Gasteiger partial charge on any atom is 0.433 e. The lowest BCUT2D eigenvalue weighted by Crippen LogP contribution is -2.08. The molecule has 2 aromatic heterocycles. The predicted octanol–water partition coefficient (Wildman–Crippen LogP) is 4.08. The van der Waals surface area contributed by atoms with E-state index in [-0.39, 0.29) is 18.3 Å². The molecule has 2 heterocycles. The number of furan rings is 1. The number of nitro groups is 1. The van der Waals surface area contributed by atoms with Gasteiger partial charge in [-0.15, -0.1) is 0 Å². The first-order valence-corrected chi connectivity index (χ1v) is 8.25. The second-order valence-electron chi connectivity index (χ2n) is 6.42. The fourth-order valence-electron chi connectivity index (χ4n) is 2.88. The van der Waals surface area contributed by atoms with E-state index in [0.717, 1.165) is 23.3 Å². The Balaban J connectivity index is 1.91. The Morgan fingerprint density at radius 1 is 1.22 bits per heavy atom. The summed E-state index contributed by atoms with van der Waals surface area (Å²) in [4.78, 5) is 33.8. The molecule has 0 saturated carbocycles. The molecule has 3 aromatic rings. The van der Waals surface area contributed by atoms with Crippen LogP contribution in [0.3, 0.4) is 0 Å². The smallest absolute Gasteiger partial charge is 0.433 e. The predicted molar refractivity (Wildman–Crippen MR) is 95.8 cm³/mol. The van der Waals surface area contributed by atoms with E-state index in [0.29, 0.717) is 16.5 Å². The van der Waals surface area contributed by atoms with Crippen LogP contribution in [0.5, 0.6) is 0 Å². The summed E-state index contributed by atoms with van der Waals surface area (Å²) in [6.07, 6.45) is 0. The first-order chi connectivity index (χ1) is 12.8. The van der Waals surface area contributed by atoms with E-state index in [9.17, 15) is 19.7 Å². The SMILES string of the molecule is Cc1cc2oc(=O)cc(COC(=O)c3ccc([N+](=O)[O-])o3)c2cc1C(C)C. The zero-order valence-corrected chi connectivity index (χ0v) is 15.0. The number of esters is 1. The van der Waals surface area contributed by atoms with Crippen LogP contribution < -0.4 is 5.63 Å². The molecule has 8 nitrogen and oxygen atoms in total. The van der Waals surface area contributed by atoms with Crippen LogP contribution in [-0.4, -0.2) is 10.9 Å². The van der Waals surface area contributed by atoms with Gasteiger partial charge in [0.15, 0.2) is 0 Å². The van der Waals surface area contributed by atoms with Crippen molar-refractivity contribution in [2.24, 2.45) is 0 Å². The number of rotatable bonds is 5. The van der Waals surface area contributed by atoms with Crippen LogP contribution in [-0.2, 0) is 11.3 Å². The second kappa shape index (κ2) is 7.06. The minimum atomic E-state index is -0.860. The molecular weight excluding hydrogens is 354 g/mol. The van der Waals surface area contributed by atoms with Gasteiger partial charge >= 0.3 is 17.5 Å². The van der Waals surface area contributed by atoms with Gasteiger partial charge in [0, 0.05) is 17.0 Å². The molecule has 0 aliphatic carbocycles. The lowest BCUT2D eigenvalue weighted by molar-refractivity contribution is -0.402. The number of benzene rings is 1. The first-order valence-electron chi connectivity index (χ1n) is 8.25. The molecule has 0 amide bonds. The van der Waals surface area contributed by atoms with E-state index < -0.39 is 22.4 Å². The fraction of sp³-hybridized carbons (Fsp3) is 0.263. The zero-order valence-electron chi connectivity index (χ0n) is 15.0.